The Bertz CT molecular complexity index is 895. The summed E-state index contributed by atoms with van der Waals surface area (Å²) in [4.78, 5) is 0. The van der Waals surface area contributed by atoms with Gasteiger partial charge in [-0.05, 0) is 17.8 Å². The fraction of sp³-hybridized carbons (Fsp3) is 0.294. The predicted octanol–water partition coefficient (Wildman–Crippen LogP) is 3.37. The molecule has 0 aliphatic carbocycles. The monoisotopic (exact) mass is 340 g/mol. The number of hydrogen-bond acceptors (Lipinski definition) is 4. The molecule has 1 aromatic carbocycles. The molecule has 0 bridgehead atoms. The summed E-state index contributed by atoms with van der Waals surface area (Å²) in [6.45, 7) is 6.94. The SMILES string of the molecule is CC(C)(C)c1n[nH]c(=S)n1/N=C\c1cnn(Cc2ccccc2)c1. The van der Waals surface area contributed by atoms with Crippen molar-refractivity contribution in [3.05, 3.63) is 64.4 Å². The largest absolute Gasteiger partial charge is 0.268 e. The van der Waals surface area contributed by atoms with Crippen molar-refractivity contribution in [2.45, 2.75) is 32.7 Å². The summed E-state index contributed by atoms with van der Waals surface area (Å²) in [6.07, 6.45) is 5.49. The van der Waals surface area contributed by atoms with Crippen LogP contribution in [0.1, 0.15) is 37.7 Å². The molecule has 0 radical (unpaired) electrons. The van der Waals surface area contributed by atoms with Crippen LogP contribution in [0.4, 0.5) is 0 Å². The Morgan fingerprint density at radius 2 is 2.00 bits per heavy atom. The van der Waals surface area contributed by atoms with E-state index in [9.17, 15) is 0 Å². The Labute approximate surface area is 145 Å². The maximum Gasteiger partial charge on any atom is 0.216 e. The predicted molar refractivity (Wildman–Crippen MR) is 96.9 cm³/mol. The van der Waals surface area contributed by atoms with Crippen molar-refractivity contribution in [1.29, 1.82) is 0 Å². The van der Waals surface area contributed by atoms with Crippen molar-refractivity contribution >= 4 is 18.4 Å². The van der Waals surface area contributed by atoms with Crippen LogP contribution in [-0.4, -0.2) is 30.9 Å². The third-order valence-electron chi connectivity index (χ3n) is 3.48. The summed E-state index contributed by atoms with van der Waals surface area (Å²) in [5.41, 5.74) is 1.97. The van der Waals surface area contributed by atoms with Gasteiger partial charge in [-0.2, -0.15) is 20.0 Å². The zero-order valence-electron chi connectivity index (χ0n) is 14.0. The Morgan fingerprint density at radius 1 is 1.25 bits per heavy atom. The van der Waals surface area contributed by atoms with Gasteiger partial charge in [0.1, 0.15) is 0 Å². The number of aromatic amines is 1. The topological polar surface area (TPSA) is 63.8 Å². The van der Waals surface area contributed by atoms with Crippen molar-refractivity contribution in [1.82, 2.24) is 24.7 Å². The molecular weight excluding hydrogens is 320 g/mol. The number of H-pyrrole nitrogens is 1. The van der Waals surface area contributed by atoms with Gasteiger partial charge in [-0.3, -0.25) is 9.78 Å². The van der Waals surface area contributed by atoms with Crippen molar-refractivity contribution in [2.75, 3.05) is 0 Å². The molecule has 7 heteroatoms. The average molecular weight is 340 g/mol. The van der Waals surface area contributed by atoms with E-state index in [0.29, 0.717) is 4.77 Å². The lowest BCUT2D eigenvalue weighted by atomic mass is 9.96. The van der Waals surface area contributed by atoms with Crippen LogP contribution < -0.4 is 0 Å². The van der Waals surface area contributed by atoms with E-state index in [-0.39, 0.29) is 5.41 Å². The minimum Gasteiger partial charge on any atom is -0.268 e. The second-order valence-corrected chi connectivity index (χ2v) is 7.00. The van der Waals surface area contributed by atoms with E-state index in [1.165, 1.54) is 5.56 Å². The fourth-order valence-electron chi connectivity index (χ4n) is 2.31. The lowest BCUT2D eigenvalue weighted by molar-refractivity contribution is 0.516. The Kier molecular flexibility index (Phi) is 4.44. The minimum absolute atomic E-state index is 0.150. The summed E-state index contributed by atoms with van der Waals surface area (Å²) in [5, 5.41) is 15.9. The number of nitrogens with one attached hydrogen (secondary N) is 1. The van der Waals surface area contributed by atoms with Gasteiger partial charge in [-0.15, -0.1) is 0 Å². The zero-order valence-corrected chi connectivity index (χ0v) is 14.8. The summed E-state index contributed by atoms with van der Waals surface area (Å²) in [5.74, 6) is 0.792. The molecule has 3 aromatic rings. The molecule has 0 amide bonds. The molecule has 124 valence electrons. The maximum absolute atomic E-state index is 5.26. The van der Waals surface area contributed by atoms with E-state index >= 15 is 0 Å². The molecule has 0 spiro atoms. The molecule has 0 aliphatic heterocycles. The second kappa shape index (κ2) is 6.52. The molecule has 0 unspecified atom stereocenters. The number of hydrogen-bond donors (Lipinski definition) is 1. The number of aromatic nitrogens is 5. The van der Waals surface area contributed by atoms with Crippen LogP contribution in [0, 0.1) is 4.77 Å². The zero-order chi connectivity index (χ0) is 17.2. The fourth-order valence-corrected chi connectivity index (χ4v) is 2.49. The van der Waals surface area contributed by atoms with E-state index < -0.39 is 0 Å². The lowest BCUT2D eigenvalue weighted by Gasteiger charge is -2.15. The Balaban J connectivity index is 1.79. The molecule has 0 atom stereocenters. The van der Waals surface area contributed by atoms with Gasteiger partial charge in [0.05, 0.1) is 19.0 Å². The molecule has 2 aromatic heterocycles. The second-order valence-electron chi connectivity index (χ2n) is 6.62. The van der Waals surface area contributed by atoms with Crippen molar-refractivity contribution in [2.24, 2.45) is 5.10 Å². The molecule has 6 nitrogen and oxygen atoms in total. The highest BCUT2D eigenvalue weighted by Crippen LogP contribution is 2.19. The molecule has 0 fully saturated rings. The van der Waals surface area contributed by atoms with Crippen molar-refractivity contribution in [3.63, 3.8) is 0 Å². The van der Waals surface area contributed by atoms with E-state index in [1.807, 2.05) is 29.1 Å². The first-order chi connectivity index (χ1) is 11.4. The maximum atomic E-state index is 5.26. The van der Waals surface area contributed by atoms with E-state index in [0.717, 1.165) is 17.9 Å². The van der Waals surface area contributed by atoms with Gasteiger partial charge >= 0.3 is 0 Å². The van der Waals surface area contributed by atoms with Crippen LogP contribution in [0.3, 0.4) is 0 Å². The Hall–Kier alpha value is -2.54. The Morgan fingerprint density at radius 3 is 2.71 bits per heavy atom. The standard InChI is InChI=1S/C17H20N6S/c1-17(2,3)15-20-21-16(24)23(15)19-10-14-9-18-22(12-14)11-13-7-5-4-6-8-13/h4-10,12H,11H2,1-3H3,(H,21,24)/b19-10-. The number of benzene rings is 1. The molecule has 0 saturated heterocycles. The third kappa shape index (κ3) is 3.68. The molecule has 3 rings (SSSR count). The molecule has 2 heterocycles. The van der Waals surface area contributed by atoms with Gasteiger partial charge in [0.15, 0.2) is 5.82 Å². The van der Waals surface area contributed by atoms with Crippen LogP contribution in [0.25, 0.3) is 0 Å². The van der Waals surface area contributed by atoms with Crippen LogP contribution in [-0.2, 0) is 12.0 Å². The summed E-state index contributed by atoms with van der Waals surface area (Å²) in [7, 11) is 0. The molecule has 24 heavy (non-hydrogen) atoms. The minimum atomic E-state index is -0.150. The average Bonchev–Trinajstić information content (AvgIpc) is 3.12. The summed E-state index contributed by atoms with van der Waals surface area (Å²) in [6, 6.07) is 10.2. The van der Waals surface area contributed by atoms with Crippen LogP contribution in [0.5, 0.6) is 0 Å². The molecule has 1 N–H and O–H groups in total. The lowest BCUT2D eigenvalue weighted by Crippen LogP contribution is -2.17. The van der Waals surface area contributed by atoms with Gasteiger partial charge in [-0.1, -0.05) is 51.1 Å². The number of nitrogens with zero attached hydrogens (tertiary/aromatic N) is 5. The highest BCUT2D eigenvalue weighted by molar-refractivity contribution is 7.71. The quantitative estimate of drug-likeness (QED) is 0.585. The third-order valence-corrected chi connectivity index (χ3v) is 3.75. The van der Waals surface area contributed by atoms with Crippen LogP contribution in [0.2, 0.25) is 0 Å². The molecule has 0 aliphatic rings. The normalized spacial score (nSPS) is 12.1. The van der Waals surface area contributed by atoms with Gasteiger partial charge in [0.2, 0.25) is 4.77 Å². The van der Waals surface area contributed by atoms with Gasteiger partial charge in [-0.25, -0.2) is 0 Å². The highest BCUT2D eigenvalue weighted by atomic mass is 32.1. The van der Waals surface area contributed by atoms with Crippen LogP contribution in [0.15, 0.2) is 47.8 Å². The van der Waals surface area contributed by atoms with E-state index in [4.69, 9.17) is 12.2 Å². The van der Waals surface area contributed by atoms with Gasteiger partial charge < -0.3 is 0 Å². The van der Waals surface area contributed by atoms with Crippen LogP contribution >= 0.6 is 12.2 Å². The summed E-state index contributed by atoms with van der Waals surface area (Å²) < 4.78 is 4.02. The first-order valence-corrected chi connectivity index (χ1v) is 8.13. The van der Waals surface area contributed by atoms with E-state index in [1.54, 1.807) is 17.1 Å². The first-order valence-electron chi connectivity index (χ1n) is 7.72. The van der Waals surface area contributed by atoms with Crippen molar-refractivity contribution < 1.29 is 0 Å². The van der Waals surface area contributed by atoms with E-state index in [2.05, 4.69) is 53.3 Å². The summed E-state index contributed by atoms with van der Waals surface area (Å²) >= 11 is 5.26. The van der Waals surface area contributed by atoms with Gasteiger partial charge in [0.25, 0.3) is 0 Å². The van der Waals surface area contributed by atoms with Crippen molar-refractivity contribution in [3.8, 4) is 0 Å². The van der Waals surface area contributed by atoms with Gasteiger partial charge in [0, 0.05) is 17.2 Å². The molecule has 0 saturated carbocycles. The highest BCUT2D eigenvalue weighted by Gasteiger charge is 2.21. The number of rotatable bonds is 4. The smallest absolute Gasteiger partial charge is 0.216 e. The first kappa shape index (κ1) is 16.3. The molecular formula is C17H20N6S.